The van der Waals surface area contributed by atoms with Gasteiger partial charge >= 0.3 is 0 Å². The molecule has 0 aliphatic heterocycles. The summed E-state index contributed by atoms with van der Waals surface area (Å²) in [6.07, 6.45) is 2.68. The zero-order valence-corrected chi connectivity index (χ0v) is 20.6. The zero-order chi connectivity index (χ0) is 23.3. The minimum absolute atomic E-state index is 0.0505. The number of carbonyl (C=O) groups is 1. The fourth-order valence-corrected chi connectivity index (χ4v) is 4.08. The van der Waals surface area contributed by atoms with E-state index in [4.69, 9.17) is 4.98 Å². The number of nitrogens with one attached hydrogen (secondary N) is 1. The Hall–Kier alpha value is -2.99. The van der Waals surface area contributed by atoms with Gasteiger partial charge in [0.05, 0.1) is 22.7 Å². The van der Waals surface area contributed by atoms with Crippen LogP contribution < -0.4 is 5.32 Å². The molecule has 0 fully saturated rings. The van der Waals surface area contributed by atoms with Gasteiger partial charge in [0.1, 0.15) is 0 Å². The van der Waals surface area contributed by atoms with E-state index in [1.807, 2.05) is 51.5 Å². The number of rotatable bonds is 8. The summed E-state index contributed by atoms with van der Waals surface area (Å²) in [4.78, 5) is 23.7. The summed E-state index contributed by atoms with van der Waals surface area (Å²) in [5, 5.41) is 6.07. The summed E-state index contributed by atoms with van der Waals surface area (Å²) in [6, 6.07) is 12.1. The molecule has 0 saturated carbocycles. The maximum absolute atomic E-state index is 12.1. The average molecular weight is 449 g/mol. The van der Waals surface area contributed by atoms with Crippen LogP contribution in [0.25, 0.3) is 11.3 Å². The highest BCUT2D eigenvalue weighted by Gasteiger charge is 2.11. The maximum Gasteiger partial charge on any atom is 0.251 e. The largest absolute Gasteiger partial charge is 0.366 e. The molecule has 0 bridgehead atoms. The van der Waals surface area contributed by atoms with Crippen LogP contribution in [-0.2, 0) is 6.42 Å². The summed E-state index contributed by atoms with van der Waals surface area (Å²) in [7, 11) is 2.02. The van der Waals surface area contributed by atoms with Crippen molar-refractivity contribution in [1.29, 1.82) is 0 Å². The fourth-order valence-electron chi connectivity index (χ4n) is 3.26. The minimum Gasteiger partial charge on any atom is -0.366 e. The highest BCUT2D eigenvalue weighted by atomic mass is 32.1. The van der Waals surface area contributed by atoms with Crippen LogP contribution in [0.4, 0.5) is 5.69 Å². The molecule has 32 heavy (non-hydrogen) atoms. The minimum atomic E-state index is -0.0505. The smallest absolute Gasteiger partial charge is 0.251 e. The Morgan fingerprint density at radius 1 is 1.19 bits per heavy atom. The molecule has 0 aliphatic rings. The van der Waals surface area contributed by atoms with Gasteiger partial charge in [0, 0.05) is 42.6 Å². The molecular formula is C26H32N4OS. The molecular weight excluding hydrogens is 416 g/mol. The predicted molar refractivity (Wildman–Crippen MR) is 135 cm³/mol. The highest BCUT2D eigenvalue weighted by Crippen LogP contribution is 2.28. The molecule has 1 aromatic heterocycles. The van der Waals surface area contributed by atoms with E-state index in [1.165, 1.54) is 16.7 Å². The van der Waals surface area contributed by atoms with E-state index in [9.17, 15) is 4.79 Å². The van der Waals surface area contributed by atoms with Crippen molar-refractivity contribution in [2.75, 3.05) is 13.6 Å². The van der Waals surface area contributed by atoms with E-state index in [0.29, 0.717) is 5.56 Å². The molecule has 0 saturated heterocycles. The second-order valence-corrected chi connectivity index (χ2v) is 9.33. The van der Waals surface area contributed by atoms with Crippen LogP contribution in [0.2, 0.25) is 0 Å². The zero-order valence-electron chi connectivity index (χ0n) is 19.8. The van der Waals surface area contributed by atoms with Gasteiger partial charge in [-0.25, -0.2) is 9.98 Å². The average Bonchev–Trinajstić information content (AvgIpc) is 3.23. The predicted octanol–water partition coefficient (Wildman–Crippen LogP) is 5.77. The molecule has 0 atom stereocenters. The number of aromatic nitrogens is 1. The van der Waals surface area contributed by atoms with Crippen molar-refractivity contribution in [2.24, 2.45) is 4.99 Å². The first-order chi connectivity index (χ1) is 15.3. The molecule has 1 amide bonds. The number of hydrogen-bond acceptors (Lipinski definition) is 4. The van der Waals surface area contributed by atoms with Gasteiger partial charge < -0.3 is 10.2 Å². The van der Waals surface area contributed by atoms with Crippen molar-refractivity contribution in [3.05, 3.63) is 69.0 Å². The van der Waals surface area contributed by atoms with Crippen LogP contribution in [0.1, 0.15) is 52.8 Å². The number of carbonyl (C=O) groups excluding carboxylic acids is 1. The number of amides is 1. The standard InChI is InChI=1S/C26H32N4OS/c1-7-30(6)16-27-23-13-18(4)22(12-19(23)5)14-25-29-24(15-32-25)20-8-10-21(11-9-20)26(31)28-17(2)3/h8-13,15-17H,7,14H2,1-6H3,(H,28,31). The summed E-state index contributed by atoms with van der Waals surface area (Å²) in [5.41, 5.74) is 7.29. The van der Waals surface area contributed by atoms with E-state index in [1.54, 1.807) is 11.3 Å². The Morgan fingerprint density at radius 3 is 2.56 bits per heavy atom. The van der Waals surface area contributed by atoms with Crippen LogP contribution in [-0.4, -0.2) is 41.8 Å². The molecule has 0 aliphatic carbocycles. The molecule has 0 radical (unpaired) electrons. The van der Waals surface area contributed by atoms with Gasteiger partial charge in [0.25, 0.3) is 5.91 Å². The number of hydrogen-bond donors (Lipinski definition) is 1. The van der Waals surface area contributed by atoms with E-state index < -0.39 is 0 Å². The molecule has 168 valence electrons. The van der Waals surface area contributed by atoms with Crippen molar-refractivity contribution < 1.29 is 4.79 Å². The van der Waals surface area contributed by atoms with Crippen molar-refractivity contribution in [3.63, 3.8) is 0 Å². The van der Waals surface area contributed by atoms with Crippen LogP contribution in [0.15, 0.2) is 46.8 Å². The Balaban J connectivity index is 1.73. The fraction of sp³-hybridized carbons (Fsp3) is 0.346. The van der Waals surface area contributed by atoms with Gasteiger partial charge in [-0.1, -0.05) is 18.2 Å². The molecule has 3 aromatic rings. The first-order valence-corrected chi connectivity index (χ1v) is 11.8. The van der Waals surface area contributed by atoms with Crippen LogP contribution in [0.3, 0.4) is 0 Å². The third-order valence-corrected chi connectivity index (χ3v) is 6.15. The number of benzene rings is 2. The first kappa shape index (κ1) is 23.7. The van der Waals surface area contributed by atoms with Crippen molar-refractivity contribution in [3.8, 4) is 11.3 Å². The normalized spacial score (nSPS) is 11.3. The second kappa shape index (κ2) is 10.6. The van der Waals surface area contributed by atoms with Gasteiger partial charge in [-0.15, -0.1) is 11.3 Å². The molecule has 0 spiro atoms. The van der Waals surface area contributed by atoms with Crippen molar-refractivity contribution in [1.82, 2.24) is 15.2 Å². The topological polar surface area (TPSA) is 57.6 Å². The Kier molecular flexibility index (Phi) is 7.80. The lowest BCUT2D eigenvalue weighted by Crippen LogP contribution is -2.29. The van der Waals surface area contributed by atoms with E-state index in [0.717, 1.165) is 34.9 Å². The monoisotopic (exact) mass is 448 g/mol. The van der Waals surface area contributed by atoms with Crippen LogP contribution >= 0.6 is 11.3 Å². The van der Waals surface area contributed by atoms with E-state index >= 15 is 0 Å². The highest BCUT2D eigenvalue weighted by molar-refractivity contribution is 7.10. The number of thiazole rings is 1. The van der Waals surface area contributed by atoms with Crippen LogP contribution in [0, 0.1) is 13.8 Å². The van der Waals surface area contributed by atoms with Crippen molar-refractivity contribution in [2.45, 2.75) is 47.1 Å². The number of nitrogens with zero attached hydrogens (tertiary/aromatic N) is 3. The first-order valence-electron chi connectivity index (χ1n) is 11.0. The number of aliphatic imine (C=N–C) groups is 1. The summed E-state index contributed by atoms with van der Waals surface area (Å²) in [5.74, 6) is -0.0505. The molecule has 0 unspecified atom stereocenters. The molecule has 3 rings (SSSR count). The van der Waals surface area contributed by atoms with Gasteiger partial charge in [-0.2, -0.15) is 0 Å². The van der Waals surface area contributed by atoms with Gasteiger partial charge in [0.15, 0.2) is 0 Å². The second-order valence-electron chi connectivity index (χ2n) is 8.39. The quantitative estimate of drug-likeness (QED) is 0.352. The third kappa shape index (κ3) is 6.04. The Labute approximate surface area is 195 Å². The van der Waals surface area contributed by atoms with Gasteiger partial charge in [-0.05, 0) is 69.5 Å². The SMILES string of the molecule is CCN(C)C=Nc1cc(C)c(Cc2nc(-c3ccc(C(=O)NC(C)C)cc3)cs2)cc1C. The maximum atomic E-state index is 12.1. The molecule has 2 aromatic carbocycles. The Morgan fingerprint density at radius 2 is 1.91 bits per heavy atom. The van der Waals surface area contributed by atoms with Gasteiger partial charge in [-0.3, -0.25) is 4.79 Å². The lowest BCUT2D eigenvalue weighted by Gasteiger charge is -2.11. The Bertz CT molecular complexity index is 1100. The molecule has 5 nitrogen and oxygen atoms in total. The summed E-state index contributed by atoms with van der Waals surface area (Å²) in [6.45, 7) is 11.2. The van der Waals surface area contributed by atoms with E-state index in [-0.39, 0.29) is 11.9 Å². The third-order valence-electron chi connectivity index (χ3n) is 5.30. The molecule has 1 heterocycles. The van der Waals surface area contributed by atoms with Crippen molar-refractivity contribution >= 4 is 29.3 Å². The summed E-state index contributed by atoms with van der Waals surface area (Å²) >= 11 is 1.67. The van der Waals surface area contributed by atoms with E-state index in [2.05, 4.69) is 53.5 Å². The lowest BCUT2D eigenvalue weighted by atomic mass is 10.0. The number of aryl methyl sites for hydroxylation is 2. The van der Waals surface area contributed by atoms with Gasteiger partial charge in [0.2, 0.25) is 0 Å². The summed E-state index contributed by atoms with van der Waals surface area (Å²) < 4.78 is 0. The molecule has 6 heteroatoms. The lowest BCUT2D eigenvalue weighted by molar-refractivity contribution is 0.0943. The molecule has 1 N–H and O–H groups in total. The van der Waals surface area contributed by atoms with Crippen LogP contribution in [0.5, 0.6) is 0 Å².